The minimum absolute atomic E-state index is 0.0702. The van der Waals surface area contributed by atoms with Gasteiger partial charge in [0.2, 0.25) is 10.0 Å². The molecule has 168 valence electrons. The van der Waals surface area contributed by atoms with Crippen LogP contribution in [0.4, 0.5) is 0 Å². The van der Waals surface area contributed by atoms with E-state index in [4.69, 9.17) is 32.4 Å². The number of para-hydroxylation sites is 1. The van der Waals surface area contributed by atoms with Gasteiger partial charge >= 0.3 is 0 Å². The highest BCUT2D eigenvalue weighted by atomic mass is 35.5. The first-order valence-corrected chi connectivity index (χ1v) is 12.1. The highest BCUT2D eigenvalue weighted by molar-refractivity contribution is 7.89. The van der Waals surface area contributed by atoms with Gasteiger partial charge in [-0.05, 0) is 42.5 Å². The van der Waals surface area contributed by atoms with E-state index >= 15 is 0 Å². The quantitative estimate of drug-likeness (QED) is 0.509. The van der Waals surface area contributed by atoms with E-state index in [1.165, 1.54) is 22.5 Å². The number of rotatable bonds is 6. The summed E-state index contributed by atoms with van der Waals surface area (Å²) in [4.78, 5) is 14.4. The standard InChI is InChI=1S/C22H20Cl2N2O5S/c23-19-8-7-18(14-20(19)24)32(28,29)26-12-10-25(11-13-26)22(27)21-9-6-17(31-21)15-30-16-4-2-1-3-5-16/h1-9,14H,10-13,15H2. The van der Waals surface area contributed by atoms with Gasteiger partial charge in [-0.1, -0.05) is 41.4 Å². The van der Waals surface area contributed by atoms with Crippen LogP contribution in [-0.2, 0) is 16.6 Å². The van der Waals surface area contributed by atoms with Crippen LogP contribution in [0.15, 0.2) is 70.0 Å². The summed E-state index contributed by atoms with van der Waals surface area (Å²) in [5, 5.41) is 0.458. The van der Waals surface area contributed by atoms with Crippen LogP contribution in [-0.4, -0.2) is 49.7 Å². The van der Waals surface area contributed by atoms with Crippen molar-refractivity contribution in [1.29, 1.82) is 0 Å². The van der Waals surface area contributed by atoms with Gasteiger partial charge < -0.3 is 14.1 Å². The lowest BCUT2D eigenvalue weighted by molar-refractivity contribution is 0.0662. The van der Waals surface area contributed by atoms with E-state index in [-0.39, 0.29) is 59.4 Å². The van der Waals surface area contributed by atoms with Gasteiger partial charge in [-0.3, -0.25) is 4.79 Å². The molecule has 2 heterocycles. The maximum Gasteiger partial charge on any atom is 0.289 e. The van der Waals surface area contributed by atoms with Crippen LogP contribution in [0.2, 0.25) is 10.0 Å². The number of nitrogens with zero attached hydrogens (tertiary/aromatic N) is 2. The average molecular weight is 495 g/mol. The predicted molar refractivity (Wildman–Crippen MR) is 121 cm³/mol. The summed E-state index contributed by atoms with van der Waals surface area (Å²) in [5.74, 6) is 1.13. The number of hydrogen-bond donors (Lipinski definition) is 0. The van der Waals surface area contributed by atoms with Crippen molar-refractivity contribution in [3.8, 4) is 5.75 Å². The summed E-state index contributed by atoms with van der Waals surface area (Å²) < 4.78 is 38.3. The number of piperazine rings is 1. The Labute approximate surface area is 196 Å². The van der Waals surface area contributed by atoms with E-state index in [9.17, 15) is 13.2 Å². The lowest BCUT2D eigenvalue weighted by Crippen LogP contribution is -2.50. The number of carbonyl (C=O) groups is 1. The zero-order chi connectivity index (χ0) is 22.7. The molecule has 0 radical (unpaired) electrons. The van der Waals surface area contributed by atoms with Gasteiger partial charge in [-0.25, -0.2) is 8.42 Å². The van der Waals surface area contributed by atoms with Crippen molar-refractivity contribution in [2.75, 3.05) is 26.2 Å². The summed E-state index contributed by atoms with van der Waals surface area (Å²) in [6, 6.07) is 16.8. The first-order valence-electron chi connectivity index (χ1n) is 9.85. The summed E-state index contributed by atoms with van der Waals surface area (Å²) in [5.41, 5.74) is 0. The van der Waals surface area contributed by atoms with Crippen molar-refractivity contribution < 1.29 is 22.4 Å². The monoisotopic (exact) mass is 494 g/mol. The third-order valence-electron chi connectivity index (χ3n) is 5.05. The molecule has 7 nitrogen and oxygen atoms in total. The summed E-state index contributed by atoms with van der Waals surface area (Å²) in [6.45, 7) is 1.02. The molecule has 0 unspecified atom stereocenters. The van der Waals surface area contributed by atoms with Crippen molar-refractivity contribution in [2.45, 2.75) is 11.5 Å². The summed E-state index contributed by atoms with van der Waals surface area (Å²) in [6.07, 6.45) is 0. The SMILES string of the molecule is O=C(c1ccc(COc2ccccc2)o1)N1CCN(S(=O)(=O)c2ccc(Cl)c(Cl)c2)CC1. The molecule has 1 aliphatic rings. The van der Waals surface area contributed by atoms with E-state index in [1.807, 2.05) is 30.3 Å². The van der Waals surface area contributed by atoms with Gasteiger partial charge in [-0.2, -0.15) is 4.31 Å². The maximum atomic E-state index is 12.9. The molecule has 0 atom stereocenters. The lowest BCUT2D eigenvalue weighted by atomic mass is 10.3. The largest absolute Gasteiger partial charge is 0.486 e. The third-order valence-corrected chi connectivity index (χ3v) is 7.69. The Morgan fingerprint density at radius 2 is 1.66 bits per heavy atom. The Morgan fingerprint density at radius 1 is 0.938 bits per heavy atom. The Hall–Kier alpha value is -2.52. The summed E-state index contributed by atoms with van der Waals surface area (Å²) in [7, 11) is -3.73. The van der Waals surface area contributed by atoms with Gasteiger partial charge in [0.25, 0.3) is 5.91 Å². The minimum atomic E-state index is -3.73. The van der Waals surface area contributed by atoms with E-state index in [0.29, 0.717) is 11.5 Å². The molecule has 0 N–H and O–H groups in total. The number of benzene rings is 2. The molecule has 2 aromatic carbocycles. The molecule has 32 heavy (non-hydrogen) atoms. The highest BCUT2D eigenvalue weighted by Gasteiger charge is 2.31. The zero-order valence-electron chi connectivity index (χ0n) is 16.9. The number of carbonyl (C=O) groups excluding carboxylic acids is 1. The number of ether oxygens (including phenoxy) is 1. The van der Waals surface area contributed by atoms with E-state index in [1.54, 1.807) is 17.0 Å². The average Bonchev–Trinajstić information content (AvgIpc) is 3.29. The van der Waals surface area contributed by atoms with E-state index in [2.05, 4.69) is 0 Å². The topological polar surface area (TPSA) is 80.1 Å². The second-order valence-electron chi connectivity index (χ2n) is 7.14. The molecular weight excluding hydrogens is 475 g/mol. The van der Waals surface area contributed by atoms with Crippen molar-refractivity contribution >= 4 is 39.1 Å². The predicted octanol–water partition coefficient (Wildman–Crippen LogP) is 4.31. The molecule has 0 bridgehead atoms. The van der Waals surface area contributed by atoms with Crippen LogP contribution in [0.1, 0.15) is 16.3 Å². The highest BCUT2D eigenvalue weighted by Crippen LogP contribution is 2.27. The van der Waals surface area contributed by atoms with Crippen molar-refractivity contribution in [1.82, 2.24) is 9.21 Å². The molecule has 3 aromatic rings. The normalized spacial score (nSPS) is 15.0. The molecule has 4 rings (SSSR count). The fourth-order valence-corrected chi connectivity index (χ4v) is 5.13. The lowest BCUT2D eigenvalue weighted by Gasteiger charge is -2.33. The number of halogens is 2. The van der Waals surface area contributed by atoms with Crippen LogP contribution in [0.3, 0.4) is 0 Å². The first-order chi connectivity index (χ1) is 15.3. The van der Waals surface area contributed by atoms with Crippen LogP contribution in [0, 0.1) is 0 Å². The molecule has 10 heteroatoms. The van der Waals surface area contributed by atoms with Crippen LogP contribution < -0.4 is 4.74 Å². The van der Waals surface area contributed by atoms with Gasteiger partial charge in [-0.15, -0.1) is 0 Å². The molecule has 1 aliphatic heterocycles. The fraction of sp³-hybridized carbons (Fsp3) is 0.227. The van der Waals surface area contributed by atoms with Crippen molar-refractivity contribution in [3.05, 3.63) is 82.2 Å². The minimum Gasteiger partial charge on any atom is -0.486 e. The maximum absolute atomic E-state index is 12.9. The van der Waals surface area contributed by atoms with Gasteiger partial charge in [0.15, 0.2) is 5.76 Å². The number of hydrogen-bond acceptors (Lipinski definition) is 5. The fourth-order valence-electron chi connectivity index (χ4n) is 3.32. The van der Waals surface area contributed by atoms with Gasteiger partial charge in [0.05, 0.1) is 14.9 Å². The Bertz CT molecular complexity index is 1210. The third kappa shape index (κ3) is 4.94. The van der Waals surface area contributed by atoms with Crippen LogP contribution in [0.25, 0.3) is 0 Å². The Kier molecular flexibility index (Phi) is 6.76. The molecule has 1 saturated heterocycles. The Morgan fingerprint density at radius 3 is 2.34 bits per heavy atom. The number of furan rings is 1. The second kappa shape index (κ2) is 9.54. The summed E-state index contributed by atoms with van der Waals surface area (Å²) >= 11 is 11.8. The molecule has 1 aromatic heterocycles. The molecule has 0 saturated carbocycles. The second-order valence-corrected chi connectivity index (χ2v) is 9.89. The molecule has 0 aliphatic carbocycles. The van der Waals surface area contributed by atoms with Gasteiger partial charge in [0, 0.05) is 26.2 Å². The number of amides is 1. The van der Waals surface area contributed by atoms with E-state index < -0.39 is 10.0 Å². The zero-order valence-corrected chi connectivity index (χ0v) is 19.2. The first kappa shape index (κ1) is 22.7. The smallest absolute Gasteiger partial charge is 0.289 e. The molecule has 0 spiro atoms. The van der Waals surface area contributed by atoms with Crippen molar-refractivity contribution in [3.63, 3.8) is 0 Å². The molecular formula is C22H20Cl2N2O5S. The van der Waals surface area contributed by atoms with Gasteiger partial charge in [0.1, 0.15) is 18.1 Å². The molecule has 1 fully saturated rings. The number of sulfonamides is 1. The Balaban J connectivity index is 1.35. The van der Waals surface area contributed by atoms with Crippen molar-refractivity contribution in [2.24, 2.45) is 0 Å². The van der Waals surface area contributed by atoms with Crippen LogP contribution >= 0.6 is 23.2 Å². The van der Waals surface area contributed by atoms with Crippen LogP contribution in [0.5, 0.6) is 5.75 Å². The molecule has 1 amide bonds. The van der Waals surface area contributed by atoms with E-state index in [0.717, 1.165) is 0 Å².